The summed E-state index contributed by atoms with van der Waals surface area (Å²) in [7, 11) is -0.696. The van der Waals surface area contributed by atoms with Crippen molar-refractivity contribution in [1.82, 2.24) is 0 Å². The van der Waals surface area contributed by atoms with E-state index in [0.29, 0.717) is 0 Å². The maximum absolute atomic E-state index is 7.50. The summed E-state index contributed by atoms with van der Waals surface area (Å²) in [4.78, 5) is 0. The largest absolute Gasteiger partial charge is 0.358 e. The molecule has 0 bridgehead atoms. The summed E-state index contributed by atoms with van der Waals surface area (Å²) in [6, 6.07) is 44.2. The molecule has 0 N–H and O–H groups in total. The maximum Gasteiger partial charge on any atom is 0 e. The van der Waals surface area contributed by atoms with Crippen LogP contribution in [-0.2, 0) is 78.1 Å². The average molecular weight is 1010 g/mol. The number of benzene rings is 4. The third-order valence-corrected chi connectivity index (χ3v) is 10.2. The molecular weight excluding hydrogens is 983 g/mol. The van der Waals surface area contributed by atoms with Crippen LogP contribution in [0, 0.1) is 60.6 Å². The van der Waals surface area contributed by atoms with Crippen molar-refractivity contribution in [3.8, 4) is 0 Å². The number of hydrogen-bond acceptors (Lipinski definition) is 0. The zero-order chi connectivity index (χ0) is 35.0. The van der Waals surface area contributed by atoms with Gasteiger partial charge in [-0.1, -0.05) is 121 Å². The van der Waals surface area contributed by atoms with Gasteiger partial charge in [0.2, 0.25) is 0 Å². The minimum atomic E-state index is -0.348. The van der Waals surface area contributed by atoms with E-state index < -0.39 is 0 Å². The van der Waals surface area contributed by atoms with Crippen LogP contribution in [0.1, 0.15) is 0 Å². The monoisotopic (exact) mass is 1010 g/mol. The van der Waals surface area contributed by atoms with Gasteiger partial charge in [0, 0.05) is 40.8 Å². The van der Waals surface area contributed by atoms with Crippen LogP contribution in [0.15, 0.2) is 121 Å². The molecule has 0 saturated carbocycles. The molecule has 0 heterocycles. The van der Waals surface area contributed by atoms with Gasteiger partial charge in [0.05, 0.1) is 0 Å². The first-order valence-electron chi connectivity index (χ1n) is 11.3. The Morgan fingerprint density at radius 1 is 0.298 bits per heavy atom. The molecule has 2 radical (unpaired) electrons. The zero-order valence-electron chi connectivity index (χ0n) is 24.9. The molecule has 0 saturated heterocycles. The van der Waals surface area contributed by atoms with Crippen molar-refractivity contribution >= 4 is 37.1 Å². The summed E-state index contributed by atoms with van der Waals surface area (Å²) in [5.74, 6) is 0. The Kier molecular flexibility index (Phi) is 74.0. The van der Waals surface area contributed by atoms with Crippen LogP contribution in [0.3, 0.4) is 0 Å². The fraction of sp³-hybridized carbons (Fsp3) is 0.0571. The van der Waals surface area contributed by atoms with Gasteiger partial charge in [-0.2, -0.15) is 0 Å². The molecule has 8 nitrogen and oxygen atoms in total. The molecule has 0 fully saturated rings. The molecule has 12 heteroatoms. The SMILES string of the molecule is [C-]#[O+].[C-]#[O+].[C-]#[O+].[C-]#[O+].[C-]#[O+].[C-]#[O+].[C-]#[O+].[C-]#[O+].[CH3-].[Re].[Re].c1ccc(P(CCP(c2ccccc2)c2ccccc2)c2ccccc2)cc1. The van der Waals surface area contributed by atoms with Crippen molar-refractivity contribution in [1.29, 1.82) is 0 Å². The van der Waals surface area contributed by atoms with Gasteiger partial charge in [0.25, 0.3) is 0 Å². The molecule has 0 aliphatic carbocycles. The Bertz CT molecular complexity index is 1110. The van der Waals surface area contributed by atoms with Gasteiger partial charge in [0.15, 0.2) is 0 Å². The minimum Gasteiger partial charge on any atom is -0.358 e. The third-order valence-electron chi connectivity index (χ3n) is 4.82. The molecule has 47 heavy (non-hydrogen) atoms. The summed E-state index contributed by atoms with van der Waals surface area (Å²) < 4.78 is 60.0. The molecule has 240 valence electrons. The van der Waals surface area contributed by atoms with Crippen LogP contribution in [0.25, 0.3) is 0 Å². The van der Waals surface area contributed by atoms with E-state index in [1.165, 1.54) is 33.5 Å². The predicted molar refractivity (Wildman–Crippen MR) is 166 cm³/mol. The van der Waals surface area contributed by atoms with Gasteiger partial charge in [-0.3, -0.25) is 0 Å². The summed E-state index contributed by atoms with van der Waals surface area (Å²) >= 11 is 0. The van der Waals surface area contributed by atoms with Crippen molar-refractivity contribution in [3.63, 3.8) is 0 Å². The standard InChI is InChI=1S/C26H24P2.8CO.CH3.2Re/c1-5-13-23(14-6-1)27(24-15-7-2-8-16-24)21-22-28(25-17-9-3-10-18-25)26-19-11-4-12-20-26;8*1-2;;;/h1-20H,21-22H2;;;;;;;;;1H3;;/q;;;;;;;;;-1;;. The Morgan fingerprint density at radius 3 is 0.553 bits per heavy atom. The van der Waals surface area contributed by atoms with E-state index in [1.807, 2.05) is 0 Å². The molecule has 4 aromatic carbocycles. The molecule has 4 rings (SSSR count). The molecule has 0 aromatic heterocycles. The van der Waals surface area contributed by atoms with E-state index in [1.54, 1.807) is 0 Å². The Balaban J connectivity index is -0.000000118. The van der Waals surface area contributed by atoms with Gasteiger partial charge >= 0.3 is 90.4 Å². The molecule has 0 aliphatic rings. The molecule has 0 amide bonds. The van der Waals surface area contributed by atoms with E-state index in [2.05, 4.69) is 175 Å². The van der Waals surface area contributed by atoms with Crippen LogP contribution in [0.2, 0.25) is 0 Å². The number of hydrogen-bond donors (Lipinski definition) is 0. The molecular formula is C35H27O8P2Re2-. The van der Waals surface area contributed by atoms with E-state index in [-0.39, 0.29) is 64.1 Å². The fourth-order valence-electron chi connectivity index (χ4n) is 3.45. The van der Waals surface area contributed by atoms with Crippen molar-refractivity contribution < 1.29 is 78.1 Å². The van der Waals surface area contributed by atoms with Crippen molar-refractivity contribution in [2.75, 3.05) is 12.3 Å². The van der Waals surface area contributed by atoms with Crippen LogP contribution in [0.5, 0.6) is 0 Å². The Labute approximate surface area is 307 Å². The van der Waals surface area contributed by atoms with Gasteiger partial charge in [-0.25, -0.2) is 0 Å². The summed E-state index contributed by atoms with van der Waals surface area (Å²) in [6.07, 6.45) is 2.41. The van der Waals surface area contributed by atoms with Crippen molar-refractivity contribution in [2.45, 2.75) is 0 Å². The molecule has 0 aliphatic heterocycles. The third kappa shape index (κ3) is 28.9. The van der Waals surface area contributed by atoms with E-state index in [0.717, 1.165) is 0 Å². The first-order valence-corrected chi connectivity index (χ1v) is 14.4. The normalized spacial score (nSPS) is 6.94. The van der Waals surface area contributed by atoms with Crippen LogP contribution >= 0.6 is 15.8 Å². The van der Waals surface area contributed by atoms with Crippen LogP contribution in [0.4, 0.5) is 0 Å². The Hall–Kier alpha value is -3.02. The fourth-order valence-corrected chi connectivity index (χ4v) is 8.80. The molecule has 0 spiro atoms. The summed E-state index contributed by atoms with van der Waals surface area (Å²) in [6.45, 7) is 36.0. The average Bonchev–Trinajstić information content (AvgIpc) is 3.18. The predicted octanol–water partition coefficient (Wildman–Crippen LogP) is 5.40. The van der Waals surface area contributed by atoms with E-state index in [4.69, 9.17) is 37.2 Å². The first-order chi connectivity index (χ1) is 21.9. The molecule has 0 unspecified atom stereocenters. The number of rotatable bonds is 7. The van der Waals surface area contributed by atoms with Crippen LogP contribution in [-0.4, -0.2) is 12.3 Å². The van der Waals surface area contributed by atoms with E-state index >= 15 is 0 Å². The quantitative estimate of drug-likeness (QED) is 0.132. The van der Waals surface area contributed by atoms with E-state index in [9.17, 15) is 0 Å². The zero-order valence-corrected chi connectivity index (χ0v) is 32.1. The Morgan fingerprint density at radius 2 is 0.426 bits per heavy atom. The smallest absolute Gasteiger partial charge is 0 e. The van der Waals surface area contributed by atoms with Crippen LogP contribution < -0.4 is 21.2 Å². The second-order valence-electron chi connectivity index (χ2n) is 6.65. The van der Waals surface area contributed by atoms with Crippen molar-refractivity contribution in [3.05, 3.63) is 182 Å². The summed E-state index contributed by atoms with van der Waals surface area (Å²) in [5, 5.41) is 5.89. The topological polar surface area (TPSA) is 159 Å². The first kappa shape index (κ1) is 62.8. The summed E-state index contributed by atoms with van der Waals surface area (Å²) in [5.41, 5.74) is 0. The minimum absolute atomic E-state index is 0. The molecule has 4 aromatic rings. The second-order valence-corrected chi connectivity index (χ2v) is 11.3. The van der Waals surface area contributed by atoms with Gasteiger partial charge < -0.3 is 7.43 Å². The van der Waals surface area contributed by atoms with Gasteiger partial charge in [0.1, 0.15) is 0 Å². The van der Waals surface area contributed by atoms with Gasteiger partial charge in [-0.05, 0) is 49.4 Å². The second kappa shape index (κ2) is 55.4. The van der Waals surface area contributed by atoms with Gasteiger partial charge in [-0.15, -0.1) is 0 Å². The maximum atomic E-state index is 7.50. The molecule has 0 atom stereocenters. The van der Waals surface area contributed by atoms with Crippen molar-refractivity contribution in [2.24, 2.45) is 0 Å².